The predicted molar refractivity (Wildman–Crippen MR) is 104 cm³/mol. The number of para-hydroxylation sites is 1. The third-order valence-corrected chi connectivity index (χ3v) is 4.17. The van der Waals surface area contributed by atoms with Crippen LogP contribution >= 0.6 is 0 Å². The predicted octanol–water partition coefficient (Wildman–Crippen LogP) is 3.37. The second kappa shape index (κ2) is 8.47. The van der Waals surface area contributed by atoms with Gasteiger partial charge in [0.05, 0.1) is 6.61 Å². The van der Waals surface area contributed by atoms with Crippen molar-refractivity contribution in [2.45, 2.75) is 26.9 Å². The Balaban J connectivity index is 1.56. The summed E-state index contributed by atoms with van der Waals surface area (Å²) in [6, 6.07) is 14.3. The first kappa shape index (κ1) is 19.3. The standard InChI is InChI=1S/C21H22N2O5/c1-4-26-15-9-11-16(12-10-15)27-14(3)20(24)22-23-21(25)19-13(2)17-7-5-6-8-18(17)28-19/h5-12,14H,4H2,1-3H3,(H,22,24)(H,23,25)/t14-/m0/s1. The Morgan fingerprint density at radius 1 is 1.04 bits per heavy atom. The van der Waals surface area contributed by atoms with E-state index in [2.05, 4.69) is 10.9 Å². The van der Waals surface area contributed by atoms with Gasteiger partial charge in [-0.05, 0) is 51.1 Å². The number of ether oxygens (including phenoxy) is 2. The van der Waals surface area contributed by atoms with E-state index >= 15 is 0 Å². The van der Waals surface area contributed by atoms with Crippen LogP contribution < -0.4 is 20.3 Å². The molecule has 7 nitrogen and oxygen atoms in total. The van der Waals surface area contributed by atoms with Crippen molar-refractivity contribution < 1.29 is 23.5 Å². The maximum Gasteiger partial charge on any atom is 0.305 e. The van der Waals surface area contributed by atoms with Crippen LogP contribution in [0.25, 0.3) is 11.0 Å². The molecule has 0 bridgehead atoms. The van der Waals surface area contributed by atoms with Crippen LogP contribution in [0.5, 0.6) is 11.5 Å². The number of carbonyl (C=O) groups excluding carboxylic acids is 2. The monoisotopic (exact) mass is 382 g/mol. The van der Waals surface area contributed by atoms with Crippen molar-refractivity contribution in [1.82, 2.24) is 10.9 Å². The van der Waals surface area contributed by atoms with Gasteiger partial charge in [0, 0.05) is 10.9 Å². The molecule has 7 heteroatoms. The molecule has 146 valence electrons. The van der Waals surface area contributed by atoms with Gasteiger partial charge in [-0.25, -0.2) is 0 Å². The molecule has 2 amide bonds. The van der Waals surface area contributed by atoms with Crippen LogP contribution in [0.2, 0.25) is 0 Å². The Labute approximate surface area is 162 Å². The van der Waals surface area contributed by atoms with Gasteiger partial charge in [-0.3, -0.25) is 20.4 Å². The quantitative estimate of drug-likeness (QED) is 0.638. The fourth-order valence-corrected chi connectivity index (χ4v) is 2.71. The Morgan fingerprint density at radius 2 is 1.71 bits per heavy atom. The van der Waals surface area contributed by atoms with E-state index in [4.69, 9.17) is 13.9 Å². The summed E-state index contributed by atoms with van der Waals surface area (Å²) in [6.45, 7) is 5.85. The van der Waals surface area contributed by atoms with Crippen LogP contribution in [0.1, 0.15) is 30.0 Å². The zero-order valence-corrected chi connectivity index (χ0v) is 15.9. The fraction of sp³-hybridized carbons (Fsp3) is 0.238. The second-order valence-corrected chi connectivity index (χ2v) is 6.16. The fourth-order valence-electron chi connectivity index (χ4n) is 2.71. The lowest BCUT2D eigenvalue weighted by atomic mass is 10.1. The van der Waals surface area contributed by atoms with Gasteiger partial charge >= 0.3 is 5.91 Å². The first-order chi connectivity index (χ1) is 13.5. The maximum absolute atomic E-state index is 12.3. The minimum Gasteiger partial charge on any atom is -0.494 e. The molecule has 1 aromatic heterocycles. The number of hydrogen-bond donors (Lipinski definition) is 2. The summed E-state index contributed by atoms with van der Waals surface area (Å²) in [5, 5.41) is 0.853. The van der Waals surface area contributed by atoms with Crippen LogP contribution in [0.4, 0.5) is 0 Å². The van der Waals surface area contributed by atoms with E-state index in [0.717, 1.165) is 11.1 Å². The summed E-state index contributed by atoms with van der Waals surface area (Å²) < 4.78 is 16.5. The molecule has 0 unspecified atom stereocenters. The molecule has 0 spiro atoms. The number of amides is 2. The highest BCUT2D eigenvalue weighted by molar-refractivity contribution is 5.99. The molecule has 3 aromatic rings. The molecule has 1 atom stereocenters. The highest BCUT2D eigenvalue weighted by Crippen LogP contribution is 2.24. The Hall–Kier alpha value is -3.48. The normalized spacial score (nSPS) is 11.7. The van der Waals surface area contributed by atoms with Crippen molar-refractivity contribution in [3.05, 3.63) is 59.9 Å². The molecule has 2 N–H and O–H groups in total. The summed E-state index contributed by atoms with van der Waals surface area (Å²) in [7, 11) is 0. The smallest absolute Gasteiger partial charge is 0.305 e. The van der Waals surface area contributed by atoms with Crippen molar-refractivity contribution in [3.8, 4) is 11.5 Å². The van der Waals surface area contributed by atoms with E-state index in [1.54, 1.807) is 44.2 Å². The summed E-state index contributed by atoms with van der Waals surface area (Å²) in [5.74, 6) is 0.374. The lowest BCUT2D eigenvalue weighted by Crippen LogP contribution is -2.47. The number of furan rings is 1. The number of benzene rings is 2. The van der Waals surface area contributed by atoms with Crippen LogP contribution in [0, 0.1) is 6.92 Å². The van der Waals surface area contributed by atoms with E-state index in [0.29, 0.717) is 23.5 Å². The van der Waals surface area contributed by atoms with Gasteiger partial charge in [-0.1, -0.05) is 18.2 Å². The minimum atomic E-state index is -0.810. The highest BCUT2D eigenvalue weighted by Gasteiger charge is 2.20. The molecule has 0 radical (unpaired) electrons. The SMILES string of the molecule is CCOc1ccc(O[C@@H](C)C(=O)NNC(=O)c2oc3ccccc3c2C)cc1. The van der Waals surface area contributed by atoms with Crippen LogP contribution in [-0.4, -0.2) is 24.5 Å². The van der Waals surface area contributed by atoms with Gasteiger partial charge < -0.3 is 13.9 Å². The van der Waals surface area contributed by atoms with E-state index in [-0.39, 0.29) is 5.76 Å². The zero-order chi connectivity index (χ0) is 20.1. The largest absolute Gasteiger partial charge is 0.494 e. The van der Waals surface area contributed by atoms with E-state index < -0.39 is 17.9 Å². The van der Waals surface area contributed by atoms with Gasteiger partial charge in [0.25, 0.3) is 5.91 Å². The maximum atomic E-state index is 12.3. The third-order valence-electron chi connectivity index (χ3n) is 4.17. The molecule has 28 heavy (non-hydrogen) atoms. The molecule has 0 aliphatic heterocycles. The molecule has 0 aliphatic carbocycles. The van der Waals surface area contributed by atoms with Crippen molar-refractivity contribution in [3.63, 3.8) is 0 Å². The number of carbonyl (C=O) groups is 2. The topological polar surface area (TPSA) is 89.8 Å². The summed E-state index contributed by atoms with van der Waals surface area (Å²) >= 11 is 0. The van der Waals surface area contributed by atoms with E-state index in [1.807, 2.05) is 25.1 Å². The van der Waals surface area contributed by atoms with Gasteiger partial charge in [-0.2, -0.15) is 0 Å². The minimum absolute atomic E-state index is 0.154. The lowest BCUT2D eigenvalue weighted by molar-refractivity contribution is -0.128. The average molecular weight is 382 g/mol. The van der Waals surface area contributed by atoms with Gasteiger partial charge in [0.15, 0.2) is 11.9 Å². The van der Waals surface area contributed by atoms with Crippen LogP contribution in [-0.2, 0) is 4.79 Å². The van der Waals surface area contributed by atoms with Crippen molar-refractivity contribution in [2.24, 2.45) is 0 Å². The van der Waals surface area contributed by atoms with Gasteiger partial charge in [0.2, 0.25) is 0 Å². The number of hydrazine groups is 1. The summed E-state index contributed by atoms with van der Waals surface area (Å²) in [5.41, 5.74) is 6.04. The van der Waals surface area contributed by atoms with E-state index in [9.17, 15) is 9.59 Å². The van der Waals surface area contributed by atoms with Crippen LogP contribution in [0.15, 0.2) is 52.9 Å². The number of hydrogen-bond acceptors (Lipinski definition) is 5. The third kappa shape index (κ3) is 4.25. The van der Waals surface area contributed by atoms with Crippen molar-refractivity contribution in [2.75, 3.05) is 6.61 Å². The first-order valence-electron chi connectivity index (χ1n) is 8.97. The molecular weight excluding hydrogens is 360 g/mol. The van der Waals surface area contributed by atoms with Crippen molar-refractivity contribution >= 4 is 22.8 Å². The molecule has 0 saturated carbocycles. The molecular formula is C21H22N2O5. The van der Waals surface area contributed by atoms with Gasteiger partial charge in [0.1, 0.15) is 17.1 Å². The lowest BCUT2D eigenvalue weighted by Gasteiger charge is -2.15. The Kier molecular flexibility index (Phi) is 5.84. The number of nitrogens with one attached hydrogen (secondary N) is 2. The average Bonchev–Trinajstić information content (AvgIpc) is 3.04. The number of fused-ring (bicyclic) bond motifs is 1. The summed E-state index contributed by atoms with van der Waals surface area (Å²) in [6.07, 6.45) is -0.810. The van der Waals surface area contributed by atoms with Gasteiger partial charge in [-0.15, -0.1) is 0 Å². The van der Waals surface area contributed by atoms with E-state index in [1.165, 1.54) is 0 Å². The van der Waals surface area contributed by atoms with Crippen LogP contribution in [0.3, 0.4) is 0 Å². The Bertz CT molecular complexity index is 978. The molecule has 0 fully saturated rings. The molecule has 0 aliphatic rings. The number of aryl methyl sites for hydroxylation is 1. The molecule has 0 saturated heterocycles. The first-order valence-corrected chi connectivity index (χ1v) is 8.97. The summed E-state index contributed by atoms with van der Waals surface area (Å²) in [4.78, 5) is 24.5. The highest BCUT2D eigenvalue weighted by atomic mass is 16.5. The number of rotatable bonds is 6. The zero-order valence-electron chi connectivity index (χ0n) is 15.9. The molecule has 3 rings (SSSR count). The molecule has 2 aromatic carbocycles. The van der Waals surface area contributed by atoms with Crippen molar-refractivity contribution in [1.29, 1.82) is 0 Å². The second-order valence-electron chi connectivity index (χ2n) is 6.16. The molecule has 1 heterocycles. The Morgan fingerprint density at radius 3 is 2.39 bits per heavy atom.